The first-order valence-corrected chi connectivity index (χ1v) is 11.1. The fraction of sp³-hybridized carbons (Fsp3) is 0.636. The number of nitrogens with zero attached hydrogens (tertiary/aromatic N) is 6. The molecule has 3 aliphatic rings. The van der Waals surface area contributed by atoms with Crippen molar-refractivity contribution in [2.45, 2.75) is 57.5 Å². The summed E-state index contributed by atoms with van der Waals surface area (Å²) in [7, 11) is 0. The van der Waals surface area contributed by atoms with Gasteiger partial charge in [0.1, 0.15) is 5.82 Å². The van der Waals surface area contributed by atoms with Crippen LogP contribution < -0.4 is 5.56 Å². The van der Waals surface area contributed by atoms with Gasteiger partial charge in [-0.2, -0.15) is 5.10 Å². The molecule has 0 N–H and O–H groups in total. The van der Waals surface area contributed by atoms with Gasteiger partial charge in [-0.05, 0) is 37.7 Å². The Hall–Kier alpha value is -2.12. The van der Waals surface area contributed by atoms with Crippen molar-refractivity contribution in [2.75, 3.05) is 32.7 Å². The van der Waals surface area contributed by atoms with Gasteiger partial charge in [0.25, 0.3) is 5.56 Å². The molecule has 1 aliphatic heterocycles. The highest BCUT2D eigenvalue weighted by Crippen LogP contribution is 2.33. The number of aryl methyl sites for hydroxylation is 2. The first-order chi connectivity index (χ1) is 14.2. The maximum absolute atomic E-state index is 12.3. The fourth-order valence-electron chi connectivity index (χ4n) is 4.59. The molecule has 2 aliphatic carbocycles. The summed E-state index contributed by atoms with van der Waals surface area (Å²) in [6.07, 6.45) is 11.0. The van der Waals surface area contributed by atoms with Gasteiger partial charge in [0.2, 0.25) is 0 Å². The third-order valence-corrected chi connectivity index (χ3v) is 6.72. The summed E-state index contributed by atoms with van der Waals surface area (Å²) in [6, 6.07) is 1.80. The topological polar surface area (TPSA) is 67.2 Å². The number of hydrogen-bond acceptors (Lipinski definition) is 6. The quantitative estimate of drug-likeness (QED) is 0.742. The van der Waals surface area contributed by atoms with Gasteiger partial charge in [0, 0.05) is 69.2 Å². The summed E-state index contributed by atoms with van der Waals surface area (Å²) in [5.41, 5.74) is 3.54. The molecule has 1 saturated carbocycles. The van der Waals surface area contributed by atoms with Gasteiger partial charge in [0.05, 0.1) is 12.2 Å². The van der Waals surface area contributed by atoms with Crippen LogP contribution >= 0.6 is 0 Å². The number of aromatic nitrogens is 4. The molecule has 0 atom stereocenters. The van der Waals surface area contributed by atoms with Crippen molar-refractivity contribution >= 4 is 0 Å². The van der Waals surface area contributed by atoms with E-state index in [4.69, 9.17) is 0 Å². The maximum atomic E-state index is 12.3. The molecule has 5 rings (SSSR count). The van der Waals surface area contributed by atoms with Crippen molar-refractivity contribution in [2.24, 2.45) is 0 Å². The molecule has 7 heteroatoms. The Morgan fingerprint density at radius 3 is 2.41 bits per heavy atom. The normalized spacial score (nSPS) is 20.6. The van der Waals surface area contributed by atoms with E-state index in [-0.39, 0.29) is 5.56 Å². The van der Waals surface area contributed by atoms with Crippen molar-refractivity contribution in [3.63, 3.8) is 0 Å². The van der Waals surface area contributed by atoms with Crippen LogP contribution in [0.1, 0.15) is 54.2 Å². The molecule has 0 amide bonds. The molecule has 0 radical (unpaired) electrons. The lowest BCUT2D eigenvalue weighted by atomic mass is 9.85. The van der Waals surface area contributed by atoms with Crippen LogP contribution in [0.2, 0.25) is 0 Å². The molecular formula is C22H30N6O. The summed E-state index contributed by atoms with van der Waals surface area (Å²) >= 11 is 0. The van der Waals surface area contributed by atoms with Crippen molar-refractivity contribution < 1.29 is 0 Å². The average molecular weight is 395 g/mol. The largest absolute Gasteiger partial charge is 0.299 e. The van der Waals surface area contributed by atoms with Crippen molar-refractivity contribution in [1.82, 2.24) is 29.5 Å². The molecule has 3 heterocycles. The molecule has 2 aromatic rings. The van der Waals surface area contributed by atoms with Gasteiger partial charge in [0.15, 0.2) is 0 Å². The van der Waals surface area contributed by atoms with E-state index in [2.05, 4.69) is 24.9 Å². The SMILES string of the molecule is O=c1cc2c(nn1CCN1CCN(Cc3cnc(C4CCC4)nc3)CC1)CCC2. The maximum Gasteiger partial charge on any atom is 0.267 e. The average Bonchev–Trinajstić information content (AvgIpc) is 3.14. The highest BCUT2D eigenvalue weighted by molar-refractivity contribution is 5.22. The molecule has 29 heavy (non-hydrogen) atoms. The van der Waals surface area contributed by atoms with E-state index in [0.717, 1.165) is 75.6 Å². The molecule has 0 spiro atoms. The van der Waals surface area contributed by atoms with E-state index in [9.17, 15) is 4.79 Å². The number of piperazine rings is 1. The van der Waals surface area contributed by atoms with Crippen LogP contribution in [0, 0.1) is 0 Å². The summed E-state index contributed by atoms with van der Waals surface area (Å²) in [6.45, 7) is 6.63. The van der Waals surface area contributed by atoms with Crippen LogP contribution in [0.15, 0.2) is 23.3 Å². The molecule has 1 saturated heterocycles. The summed E-state index contributed by atoms with van der Waals surface area (Å²) < 4.78 is 1.66. The van der Waals surface area contributed by atoms with E-state index in [1.54, 1.807) is 10.7 Å². The van der Waals surface area contributed by atoms with Crippen LogP contribution in [-0.2, 0) is 25.9 Å². The minimum Gasteiger partial charge on any atom is -0.299 e. The van der Waals surface area contributed by atoms with Crippen molar-refractivity contribution in [3.05, 3.63) is 51.5 Å². The zero-order valence-electron chi connectivity index (χ0n) is 17.1. The van der Waals surface area contributed by atoms with Crippen LogP contribution in [0.5, 0.6) is 0 Å². The molecule has 7 nitrogen and oxygen atoms in total. The van der Waals surface area contributed by atoms with E-state index >= 15 is 0 Å². The Kier molecular flexibility index (Phi) is 5.42. The van der Waals surface area contributed by atoms with Crippen LogP contribution in [0.3, 0.4) is 0 Å². The van der Waals surface area contributed by atoms with Gasteiger partial charge in [-0.25, -0.2) is 14.6 Å². The fourth-order valence-corrected chi connectivity index (χ4v) is 4.59. The second-order valence-electron chi connectivity index (χ2n) is 8.73. The minimum absolute atomic E-state index is 0.0506. The van der Waals surface area contributed by atoms with Gasteiger partial charge in [-0.15, -0.1) is 0 Å². The van der Waals surface area contributed by atoms with E-state index < -0.39 is 0 Å². The second kappa shape index (κ2) is 8.32. The lowest BCUT2D eigenvalue weighted by molar-refractivity contribution is 0.122. The highest BCUT2D eigenvalue weighted by Gasteiger charge is 2.22. The van der Waals surface area contributed by atoms with Crippen LogP contribution in [-0.4, -0.2) is 62.3 Å². The second-order valence-corrected chi connectivity index (χ2v) is 8.73. The van der Waals surface area contributed by atoms with E-state index in [1.807, 2.05) is 12.4 Å². The van der Waals surface area contributed by atoms with E-state index in [0.29, 0.717) is 12.5 Å². The molecule has 154 valence electrons. The van der Waals surface area contributed by atoms with Gasteiger partial charge < -0.3 is 0 Å². The smallest absolute Gasteiger partial charge is 0.267 e. The zero-order chi connectivity index (χ0) is 19.6. The zero-order valence-corrected chi connectivity index (χ0v) is 17.1. The van der Waals surface area contributed by atoms with Crippen LogP contribution in [0.25, 0.3) is 0 Å². The molecule has 0 bridgehead atoms. The number of hydrogen-bond donors (Lipinski definition) is 0. The Morgan fingerprint density at radius 2 is 1.69 bits per heavy atom. The summed E-state index contributed by atoms with van der Waals surface area (Å²) in [4.78, 5) is 26.3. The van der Waals surface area contributed by atoms with Gasteiger partial charge in [-0.3, -0.25) is 14.6 Å². The number of rotatable bonds is 6. The predicted molar refractivity (Wildman–Crippen MR) is 111 cm³/mol. The van der Waals surface area contributed by atoms with Crippen LogP contribution in [0.4, 0.5) is 0 Å². The molecule has 2 aromatic heterocycles. The standard InChI is InChI=1S/C22H30N6O/c29-21-13-19-5-2-6-20(19)25-28(21)12-11-26-7-9-27(10-8-26)16-17-14-23-22(24-15-17)18-3-1-4-18/h13-15,18H,1-12,16H2. The summed E-state index contributed by atoms with van der Waals surface area (Å²) in [5, 5.41) is 4.59. The Balaban J connectivity index is 1.09. The molecule has 0 aromatic carbocycles. The third kappa shape index (κ3) is 4.26. The lowest BCUT2D eigenvalue weighted by Gasteiger charge is -2.34. The first kappa shape index (κ1) is 18.9. The predicted octanol–water partition coefficient (Wildman–Crippen LogP) is 1.61. The van der Waals surface area contributed by atoms with Gasteiger partial charge in [-0.1, -0.05) is 6.42 Å². The first-order valence-electron chi connectivity index (χ1n) is 11.1. The highest BCUT2D eigenvalue weighted by atomic mass is 16.1. The Labute approximate surface area is 171 Å². The van der Waals surface area contributed by atoms with E-state index in [1.165, 1.54) is 24.8 Å². The Bertz CT molecular complexity index is 897. The van der Waals surface area contributed by atoms with Crippen molar-refractivity contribution in [1.29, 1.82) is 0 Å². The number of fused-ring (bicyclic) bond motifs is 1. The minimum atomic E-state index is 0.0506. The molecule has 2 fully saturated rings. The van der Waals surface area contributed by atoms with Crippen molar-refractivity contribution in [3.8, 4) is 0 Å². The lowest BCUT2D eigenvalue weighted by Crippen LogP contribution is -2.47. The third-order valence-electron chi connectivity index (χ3n) is 6.72. The molecule has 0 unspecified atom stereocenters. The monoisotopic (exact) mass is 394 g/mol. The molecular weight excluding hydrogens is 364 g/mol. The summed E-state index contributed by atoms with van der Waals surface area (Å²) in [5.74, 6) is 1.63. The van der Waals surface area contributed by atoms with Gasteiger partial charge >= 0.3 is 0 Å². The Morgan fingerprint density at radius 1 is 0.931 bits per heavy atom.